The fourth-order valence-electron chi connectivity index (χ4n) is 2.27. The maximum absolute atomic E-state index is 12.6. The molecule has 140 valence electrons. The first-order chi connectivity index (χ1) is 12.5. The van der Waals surface area contributed by atoms with Crippen LogP contribution in [0.1, 0.15) is 30.1 Å². The number of nitrogen functional groups attached to an aromatic ring is 1. The van der Waals surface area contributed by atoms with Gasteiger partial charge in [-0.3, -0.25) is 4.79 Å². The van der Waals surface area contributed by atoms with Gasteiger partial charge in [0.2, 0.25) is 0 Å². The Morgan fingerprint density at radius 2 is 1.96 bits per heavy atom. The molecule has 0 fully saturated rings. The summed E-state index contributed by atoms with van der Waals surface area (Å²) < 4.78 is 16.2. The predicted molar refractivity (Wildman–Crippen MR) is 104 cm³/mol. The zero-order valence-electron chi connectivity index (χ0n) is 15.1. The van der Waals surface area contributed by atoms with E-state index >= 15 is 0 Å². The van der Waals surface area contributed by atoms with Crippen LogP contribution in [-0.2, 0) is 0 Å². The molecule has 0 aliphatic heterocycles. The van der Waals surface area contributed by atoms with Crippen LogP contribution in [0.15, 0.2) is 30.3 Å². The van der Waals surface area contributed by atoms with E-state index < -0.39 is 0 Å². The second-order valence-corrected chi connectivity index (χ2v) is 6.01. The van der Waals surface area contributed by atoms with Crippen molar-refractivity contribution in [2.45, 2.75) is 19.8 Å². The Kier molecular flexibility index (Phi) is 6.97. The largest absolute Gasteiger partial charge is 0.497 e. The summed E-state index contributed by atoms with van der Waals surface area (Å²) in [6.07, 6.45) is 1.90. The number of hydrogen-bond acceptors (Lipinski definition) is 5. The monoisotopic (exact) mass is 378 g/mol. The first kappa shape index (κ1) is 19.7. The number of carbonyl (C=O) groups excluding carboxylic acids is 1. The molecule has 26 heavy (non-hydrogen) atoms. The molecule has 6 nitrogen and oxygen atoms in total. The number of rotatable bonds is 8. The molecule has 0 radical (unpaired) electrons. The minimum atomic E-state index is -0.370. The SMILES string of the molecule is CCCCOc1c(Cl)cc(C(=O)Nc2cc(OC)ccc2N)cc1OC. The van der Waals surface area contributed by atoms with Crippen molar-refractivity contribution in [2.75, 3.05) is 31.9 Å². The van der Waals surface area contributed by atoms with Crippen molar-refractivity contribution < 1.29 is 19.0 Å². The molecule has 7 heteroatoms. The van der Waals surface area contributed by atoms with Crippen LogP contribution >= 0.6 is 11.6 Å². The van der Waals surface area contributed by atoms with E-state index in [9.17, 15) is 4.79 Å². The van der Waals surface area contributed by atoms with Crippen molar-refractivity contribution in [2.24, 2.45) is 0 Å². The number of methoxy groups -OCH3 is 2. The van der Waals surface area contributed by atoms with Gasteiger partial charge in [-0.15, -0.1) is 0 Å². The quantitative estimate of drug-likeness (QED) is 0.526. The van der Waals surface area contributed by atoms with Gasteiger partial charge in [0, 0.05) is 11.6 Å². The Balaban J connectivity index is 2.25. The number of nitrogens with one attached hydrogen (secondary N) is 1. The Bertz CT molecular complexity index is 780. The minimum Gasteiger partial charge on any atom is -0.497 e. The zero-order chi connectivity index (χ0) is 19.1. The zero-order valence-corrected chi connectivity index (χ0v) is 15.9. The predicted octanol–water partition coefficient (Wildman–Crippen LogP) is 4.37. The van der Waals surface area contributed by atoms with Crippen LogP contribution in [0.4, 0.5) is 11.4 Å². The maximum Gasteiger partial charge on any atom is 0.255 e. The second-order valence-electron chi connectivity index (χ2n) is 5.60. The van der Waals surface area contributed by atoms with Gasteiger partial charge in [-0.25, -0.2) is 0 Å². The highest BCUT2D eigenvalue weighted by molar-refractivity contribution is 6.32. The van der Waals surface area contributed by atoms with Crippen LogP contribution in [0.2, 0.25) is 5.02 Å². The third kappa shape index (κ3) is 4.73. The summed E-state index contributed by atoms with van der Waals surface area (Å²) in [7, 11) is 3.04. The van der Waals surface area contributed by atoms with E-state index in [1.165, 1.54) is 13.2 Å². The first-order valence-corrected chi connectivity index (χ1v) is 8.63. The molecule has 0 spiro atoms. The normalized spacial score (nSPS) is 10.3. The average Bonchev–Trinajstić information content (AvgIpc) is 2.64. The molecule has 3 N–H and O–H groups in total. The fourth-order valence-corrected chi connectivity index (χ4v) is 2.54. The van der Waals surface area contributed by atoms with E-state index in [1.54, 1.807) is 31.4 Å². The van der Waals surface area contributed by atoms with Gasteiger partial charge in [-0.2, -0.15) is 0 Å². The number of carbonyl (C=O) groups is 1. The Morgan fingerprint density at radius 1 is 1.19 bits per heavy atom. The number of benzene rings is 2. The van der Waals surface area contributed by atoms with Gasteiger partial charge in [-0.05, 0) is 30.7 Å². The van der Waals surface area contributed by atoms with Crippen LogP contribution in [0.25, 0.3) is 0 Å². The fraction of sp³-hybridized carbons (Fsp3) is 0.316. The summed E-state index contributed by atoms with van der Waals surface area (Å²) in [5, 5.41) is 3.06. The molecule has 0 unspecified atom stereocenters. The topological polar surface area (TPSA) is 82.8 Å². The third-order valence-electron chi connectivity index (χ3n) is 3.74. The second kappa shape index (κ2) is 9.20. The van der Waals surface area contributed by atoms with E-state index in [0.717, 1.165) is 12.8 Å². The molecule has 2 rings (SSSR count). The highest BCUT2D eigenvalue weighted by Gasteiger charge is 2.17. The molecule has 0 saturated heterocycles. The summed E-state index contributed by atoms with van der Waals surface area (Å²) in [6.45, 7) is 2.60. The van der Waals surface area contributed by atoms with Crippen LogP contribution in [0, 0.1) is 0 Å². The number of amides is 1. The van der Waals surface area contributed by atoms with Crippen molar-refractivity contribution in [3.05, 3.63) is 40.9 Å². The Labute approximate surface area is 158 Å². The van der Waals surface area contributed by atoms with Crippen LogP contribution in [-0.4, -0.2) is 26.7 Å². The molecule has 0 atom stereocenters. The molecule has 2 aromatic carbocycles. The molecule has 1 amide bonds. The number of hydrogen-bond donors (Lipinski definition) is 2. The Hall–Kier alpha value is -2.60. The van der Waals surface area contributed by atoms with Crippen molar-refractivity contribution in [1.82, 2.24) is 0 Å². The van der Waals surface area contributed by atoms with E-state index in [4.69, 9.17) is 31.5 Å². The molecule has 0 heterocycles. The van der Waals surface area contributed by atoms with E-state index in [1.807, 2.05) is 0 Å². The van der Waals surface area contributed by atoms with Gasteiger partial charge in [0.25, 0.3) is 5.91 Å². The molecule has 0 bridgehead atoms. The smallest absolute Gasteiger partial charge is 0.255 e. The number of ether oxygens (including phenoxy) is 3. The minimum absolute atomic E-state index is 0.309. The summed E-state index contributed by atoms with van der Waals surface area (Å²) in [6, 6.07) is 8.14. The van der Waals surface area contributed by atoms with Crippen molar-refractivity contribution in [3.8, 4) is 17.2 Å². The first-order valence-electron chi connectivity index (χ1n) is 8.25. The van der Waals surface area contributed by atoms with Crippen LogP contribution < -0.4 is 25.3 Å². The lowest BCUT2D eigenvalue weighted by Crippen LogP contribution is -2.14. The lowest BCUT2D eigenvalue weighted by molar-refractivity contribution is 0.102. The molecule has 0 aromatic heterocycles. The van der Waals surface area contributed by atoms with Gasteiger partial charge in [-0.1, -0.05) is 24.9 Å². The van der Waals surface area contributed by atoms with Crippen LogP contribution in [0.3, 0.4) is 0 Å². The van der Waals surface area contributed by atoms with Crippen LogP contribution in [0.5, 0.6) is 17.2 Å². The van der Waals surface area contributed by atoms with Gasteiger partial charge in [0.05, 0.1) is 37.2 Å². The molecular weight excluding hydrogens is 356 g/mol. The number of nitrogens with two attached hydrogens (primary N) is 1. The molecule has 0 aliphatic carbocycles. The lowest BCUT2D eigenvalue weighted by atomic mass is 10.1. The highest BCUT2D eigenvalue weighted by Crippen LogP contribution is 2.37. The lowest BCUT2D eigenvalue weighted by Gasteiger charge is -2.15. The summed E-state index contributed by atoms with van der Waals surface area (Å²) in [5.74, 6) is 1.05. The number of unbranched alkanes of at least 4 members (excludes halogenated alkanes) is 1. The summed E-state index contributed by atoms with van der Waals surface area (Å²) >= 11 is 6.29. The Morgan fingerprint density at radius 3 is 2.62 bits per heavy atom. The van der Waals surface area contributed by atoms with E-state index in [2.05, 4.69) is 12.2 Å². The molecule has 2 aromatic rings. The maximum atomic E-state index is 12.6. The highest BCUT2D eigenvalue weighted by atomic mass is 35.5. The van der Waals surface area contributed by atoms with E-state index in [-0.39, 0.29) is 5.91 Å². The van der Waals surface area contributed by atoms with E-state index in [0.29, 0.717) is 45.8 Å². The van der Waals surface area contributed by atoms with Gasteiger partial charge in [0.15, 0.2) is 11.5 Å². The van der Waals surface area contributed by atoms with Gasteiger partial charge < -0.3 is 25.3 Å². The van der Waals surface area contributed by atoms with Gasteiger partial charge >= 0.3 is 0 Å². The molecule has 0 aliphatic rings. The third-order valence-corrected chi connectivity index (χ3v) is 4.03. The van der Waals surface area contributed by atoms with Gasteiger partial charge in [0.1, 0.15) is 5.75 Å². The summed E-state index contributed by atoms with van der Waals surface area (Å²) in [4.78, 5) is 12.6. The van der Waals surface area contributed by atoms with Crippen molar-refractivity contribution >= 4 is 28.9 Å². The standard InChI is InChI=1S/C19H23ClN2O4/c1-4-5-8-26-18-14(20)9-12(10-17(18)25-3)19(23)22-16-11-13(24-2)6-7-15(16)21/h6-7,9-11H,4-5,8,21H2,1-3H3,(H,22,23). The summed E-state index contributed by atoms with van der Waals surface area (Å²) in [5.41, 5.74) is 7.12. The van der Waals surface area contributed by atoms with Crippen molar-refractivity contribution in [3.63, 3.8) is 0 Å². The molecule has 0 saturated carbocycles. The van der Waals surface area contributed by atoms with Crippen molar-refractivity contribution in [1.29, 1.82) is 0 Å². The average molecular weight is 379 g/mol. The number of halogens is 1. The molecular formula is C19H23ClN2O4. The number of anilines is 2.